The lowest BCUT2D eigenvalue weighted by atomic mass is 10.3. The molecule has 0 radical (unpaired) electrons. The highest BCUT2D eigenvalue weighted by atomic mass is 19.1. The van der Waals surface area contributed by atoms with E-state index in [2.05, 4.69) is 15.6 Å². The van der Waals surface area contributed by atoms with Crippen LogP contribution in [0.4, 0.5) is 34.9 Å². The smallest absolute Gasteiger partial charge is 0.169 e. The Hall–Kier alpha value is -2.31. The summed E-state index contributed by atoms with van der Waals surface area (Å²) < 4.78 is 53.5. The first kappa shape index (κ1) is 15.1. The lowest BCUT2D eigenvalue weighted by molar-refractivity contribution is 0.577. The van der Waals surface area contributed by atoms with Crippen LogP contribution in [0, 0.1) is 23.3 Å². The Kier molecular flexibility index (Phi) is 4.62. The standard InChI is InChI=1S/C14H13F4N3/c1-2-5-19-13-10(17)7-11(18)14(21-13)20-12-4-3-8(15)6-9(12)16/h3-4,6-7H,2,5H2,1H3,(H2,19,20,21). The number of pyridine rings is 1. The Balaban J connectivity index is 2.30. The van der Waals surface area contributed by atoms with Crippen LogP contribution in [0.5, 0.6) is 0 Å². The maximum Gasteiger partial charge on any atom is 0.169 e. The van der Waals surface area contributed by atoms with E-state index in [4.69, 9.17) is 0 Å². The number of aromatic nitrogens is 1. The van der Waals surface area contributed by atoms with Crippen LogP contribution in [-0.4, -0.2) is 11.5 Å². The number of nitrogens with zero attached hydrogens (tertiary/aromatic N) is 1. The average Bonchev–Trinajstić information content (AvgIpc) is 2.43. The fourth-order valence-electron chi connectivity index (χ4n) is 1.64. The first-order valence-electron chi connectivity index (χ1n) is 6.33. The van der Waals surface area contributed by atoms with Gasteiger partial charge in [-0.15, -0.1) is 0 Å². The molecular formula is C14H13F4N3. The summed E-state index contributed by atoms with van der Waals surface area (Å²) in [4.78, 5) is 3.74. The van der Waals surface area contributed by atoms with Crippen LogP contribution in [0.3, 0.4) is 0 Å². The third-order valence-corrected chi connectivity index (χ3v) is 2.66. The fraction of sp³-hybridized carbons (Fsp3) is 0.214. The molecule has 3 nitrogen and oxygen atoms in total. The predicted molar refractivity (Wildman–Crippen MR) is 72.6 cm³/mol. The van der Waals surface area contributed by atoms with Gasteiger partial charge in [0.2, 0.25) is 0 Å². The van der Waals surface area contributed by atoms with E-state index >= 15 is 0 Å². The van der Waals surface area contributed by atoms with Crippen LogP contribution < -0.4 is 10.6 Å². The van der Waals surface area contributed by atoms with E-state index in [1.165, 1.54) is 0 Å². The van der Waals surface area contributed by atoms with Crippen molar-refractivity contribution in [3.63, 3.8) is 0 Å². The van der Waals surface area contributed by atoms with Gasteiger partial charge in [0.25, 0.3) is 0 Å². The minimum atomic E-state index is -0.974. The highest BCUT2D eigenvalue weighted by Gasteiger charge is 2.13. The molecule has 2 aromatic rings. The van der Waals surface area contributed by atoms with E-state index in [1.807, 2.05) is 6.92 Å². The highest BCUT2D eigenvalue weighted by molar-refractivity contribution is 5.59. The van der Waals surface area contributed by atoms with Crippen molar-refractivity contribution < 1.29 is 17.6 Å². The van der Waals surface area contributed by atoms with Crippen molar-refractivity contribution in [1.29, 1.82) is 0 Å². The minimum absolute atomic E-state index is 0.136. The summed E-state index contributed by atoms with van der Waals surface area (Å²) in [6.45, 7) is 2.33. The van der Waals surface area contributed by atoms with Gasteiger partial charge in [-0.1, -0.05) is 6.92 Å². The van der Waals surface area contributed by atoms with Gasteiger partial charge in [0, 0.05) is 18.7 Å². The van der Waals surface area contributed by atoms with Crippen LogP contribution in [-0.2, 0) is 0 Å². The van der Waals surface area contributed by atoms with E-state index in [0.29, 0.717) is 18.7 Å². The molecule has 0 saturated heterocycles. The van der Waals surface area contributed by atoms with Crippen LogP contribution in [0.1, 0.15) is 13.3 Å². The zero-order chi connectivity index (χ0) is 15.4. The maximum atomic E-state index is 13.7. The molecule has 0 aliphatic rings. The molecule has 2 rings (SSSR count). The van der Waals surface area contributed by atoms with Gasteiger partial charge in [-0.25, -0.2) is 22.5 Å². The molecule has 0 amide bonds. The number of anilines is 3. The van der Waals surface area contributed by atoms with Gasteiger partial charge in [0.1, 0.15) is 11.6 Å². The predicted octanol–water partition coefficient (Wildman–Crippen LogP) is 4.20. The number of benzene rings is 1. The molecule has 0 saturated carbocycles. The zero-order valence-electron chi connectivity index (χ0n) is 11.2. The third-order valence-electron chi connectivity index (χ3n) is 2.66. The first-order chi connectivity index (χ1) is 10.0. The van der Waals surface area contributed by atoms with Crippen LogP contribution in [0.15, 0.2) is 24.3 Å². The Bertz CT molecular complexity index is 646. The van der Waals surface area contributed by atoms with Gasteiger partial charge in [-0.2, -0.15) is 0 Å². The molecule has 0 aliphatic heterocycles. The van der Waals surface area contributed by atoms with Crippen molar-refractivity contribution in [3.05, 3.63) is 47.5 Å². The quantitative estimate of drug-likeness (QED) is 0.812. The molecule has 7 heteroatoms. The summed E-state index contributed by atoms with van der Waals surface area (Å²) in [5.41, 5.74) is -0.157. The van der Waals surface area contributed by atoms with Gasteiger partial charge < -0.3 is 10.6 Å². The molecule has 21 heavy (non-hydrogen) atoms. The zero-order valence-corrected chi connectivity index (χ0v) is 11.2. The van der Waals surface area contributed by atoms with Crippen molar-refractivity contribution in [1.82, 2.24) is 4.98 Å². The largest absolute Gasteiger partial charge is 0.368 e. The van der Waals surface area contributed by atoms with Gasteiger partial charge in [0.05, 0.1) is 5.69 Å². The fourth-order valence-corrected chi connectivity index (χ4v) is 1.64. The Morgan fingerprint density at radius 3 is 2.33 bits per heavy atom. The molecule has 112 valence electrons. The van der Waals surface area contributed by atoms with Gasteiger partial charge in [-0.05, 0) is 18.6 Å². The average molecular weight is 299 g/mol. The molecular weight excluding hydrogens is 286 g/mol. The molecule has 0 bridgehead atoms. The number of nitrogens with one attached hydrogen (secondary N) is 2. The third kappa shape index (κ3) is 3.62. The van der Waals surface area contributed by atoms with Gasteiger partial charge in [0.15, 0.2) is 23.3 Å². The second kappa shape index (κ2) is 6.43. The second-order valence-corrected chi connectivity index (χ2v) is 4.33. The Morgan fingerprint density at radius 1 is 0.952 bits per heavy atom. The Morgan fingerprint density at radius 2 is 1.67 bits per heavy atom. The molecule has 0 atom stereocenters. The molecule has 0 fully saturated rings. The van der Waals surface area contributed by atoms with E-state index in [-0.39, 0.29) is 17.3 Å². The first-order valence-corrected chi connectivity index (χ1v) is 6.33. The van der Waals surface area contributed by atoms with Crippen molar-refractivity contribution in [2.75, 3.05) is 17.2 Å². The lowest BCUT2D eigenvalue weighted by Crippen LogP contribution is -2.08. The van der Waals surface area contributed by atoms with Gasteiger partial charge in [-0.3, -0.25) is 0 Å². The van der Waals surface area contributed by atoms with Crippen LogP contribution in [0.2, 0.25) is 0 Å². The number of hydrogen-bond acceptors (Lipinski definition) is 3. The van der Waals surface area contributed by atoms with Gasteiger partial charge >= 0.3 is 0 Å². The molecule has 0 spiro atoms. The molecule has 1 aromatic carbocycles. The number of hydrogen-bond donors (Lipinski definition) is 2. The van der Waals surface area contributed by atoms with Crippen molar-refractivity contribution in [2.45, 2.75) is 13.3 Å². The monoisotopic (exact) mass is 299 g/mol. The summed E-state index contributed by atoms with van der Waals surface area (Å²) in [6.07, 6.45) is 0.730. The van der Waals surface area contributed by atoms with Crippen molar-refractivity contribution in [2.24, 2.45) is 0 Å². The number of rotatable bonds is 5. The van der Waals surface area contributed by atoms with Crippen molar-refractivity contribution in [3.8, 4) is 0 Å². The summed E-state index contributed by atoms with van der Waals surface area (Å²) in [5, 5.41) is 5.07. The summed E-state index contributed by atoms with van der Waals surface area (Å²) >= 11 is 0. The molecule has 0 unspecified atom stereocenters. The van der Waals surface area contributed by atoms with E-state index in [9.17, 15) is 17.6 Å². The highest BCUT2D eigenvalue weighted by Crippen LogP contribution is 2.24. The summed E-state index contributed by atoms with van der Waals surface area (Å²) in [5.74, 6) is -3.95. The maximum absolute atomic E-state index is 13.7. The molecule has 1 heterocycles. The van der Waals surface area contributed by atoms with Crippen LogP contribution in [0.25, 0.3) is 0 Å². The van der Waals surface area contributed by atoms with E-state index < -0.39 is 23.3 Å². The second-order valence-electron chi connectivity index (χ2n) is 4.33. The SMILES string of the molecule is CCCNc1nc(Nc2ccc(F)cc2F)c(F)cc1F. The van der Waals surface area contributed by atoms with E-state index in [1.54, 1.807) is 0 Å². The van der Waals surface area contributed by atoms with Crippen LogP contribution >= 0.6 is 0 Å². The minimum Gasteiger partial charge on any atom is -0.368 e. The van der Waals surface area contributed by atoms with E-state index in [0.717, 1.165) is 18.6 Å². The van der Waals surface area contributed by atoms with Crippen molar-refractivity contribution >= 4 is 17.3 Å². The summed E-state index contributed by atoms with van der Waals surface area (Å²) in [6, 6.07) is 3.42. The number of halogens is 4. The molecule has 2 N–H and O–H groups in total. The topological polar surface area (TPSA) is 37.0 Å². The summed E-state index contributed by atoms with van der Waals surface area (Å²) in [7, 11) is 0. The lowest BCUT2D eigenvalue weighted by Gasteiger charge is -2.11. The normalized spacial score (nSPS) is 10.5. The molecule has 1 aromatic heterocycles. The Labute approximate surface area is 119 Å². The molecule has 0 aliphatic carbocycles.